The summed E-state index contributed by atoms with van der Waals surface area (Å²) >= 11 is 0. The van der Waals surface area contributed by atoms with E-state index in [9.17, 15) is 4.79 Å². The molecule has 72 valence electrons. The van der Waals surface area contributed by atoms with E-state index in [0.717, 1.165) is 5.76 Å². The van der Waals surface area contributed by atoms with E-state index in [1.165, 1.54) is 0 Å². The van der Waals surface area contributed by atoms with Crippen molar-refractivity contribution in [1.29, 1.82) is 0 Å². The van der Waals surface area contributed by atoms with Gasteiger partial charge in [0.05, 0.1) is 12.8 Å². The van der Waals surface area contributed by atoms with Crippen LogP contribution in [0.4, 0.5) is 0 Å². The number of hydrogen-bond donors (Lipinski definition) is 2. The molecule has 4 heteroatoms. The first-order valence-electron chi connectivity index (χ1n) is 4.22. The van der Waals surface area contributed by atoms with Crippen LogP contribution in [-0.4, -0.2) is 17.1 Å². The average Bonchev–Trinajstić information content (AvgIpc) is 2.57. The van der Waals surface area contributed by atoms with Crippen molar-refractivity contribution < 1.29 is 14.3 Å². The summed E-state index contributed by atoms with van der Waals surface area (Å²) in [5, 5.41) is 11.6. The van der Waals surface area contributed by atoms with Crippen molar-refractivity contribution in [1.82, 2.24) is 5.32 Å². The highest BCUT2D eigenvalue weighted by Crippen LogP contribution is 2.00. The van der Waals surface area contributed by atoms with Crippen molar-refractivity contribution in [2.45, 2.75) is 25.9 Å². The molecule has 1 heterocycles. The highest BCUT2D eigenvalue weighted by molar-refractivity contribution is 5.73. The minimum atomic E-state index is -0.825. The predicted octanol–water partition coefficient (Wildman–Crippen LogP) is 1.23. The molecule has 0 aromatic carbocycles. The summed E-state index contributed by atoms with van der Waals surface area (Å²) in [7, 11) is 0. The van der Waals surface area contributed by atoms with Gasteiger partial charge in [0.15, 0.2) is 0 Å². The standard InChI is InChI=1S/C9H13NO3/c1-2-8(9(11)12)10-6-7-4-3-5-13-7/h3-5,8,10H,2,6H2,1H3,(H,11,12)/t8-/m0/s1. The van der Waals surface area contributed by atoms with Crippen molar-refractivity contribution in [2.24, 2.45) is 0 Å². The summed E-state index contributed by atoms with van der Waals surface area (Å²) in [6, 6.07) is 3.09. The molecule has 0 saturated carbocycles. The third kappa shape index (κ3) is 2.91. The topological polar surface area (TPSA) is 62.5 Å². The van der Waals surface area contributed by atoms with E-state index in [1.54, 1.807) is 12.3 Å². The molecular weight excluding hydrogens is 170 g/mol. The van der Waals surface area contributed by atoms with Crippen molar-refractivity contribution in [3.05, 3.63) is 24.2 Å². The maximum atomic E-state index is 10.6. The third-order valence-electron chi connectivity index (χ3n) is 1.81. The summed E-state index contributed by atoms with van der Waals surface area (Å²) in [4.78, 5) is 10.6. The Morgan fingerprint density at radius 2 is 2.54 bits per heavy atom. The van der Waals surface area contributed by atoms with E-state index in [1.807, 2.05) is 13.0 Å². The van der Waals surface area contributed by atoms with E-state index < -0.39 is 12.0 Å². The lowest BCUT2D eigenvalue weighted by Gasteiger charge is -2.10. The van der Waals surface area contributed by atoms with Crippen molar-refractivity contribution in [3.63, 3.8) is 0 Å². The van der Waals surface area contributed by atoms with Crippen LogP contribution in [-0.2, 0) is 11.3 Å². The molecule has 1 aromatic rings. The number of rotatable bonds is 5. The van der Waals surface area contributed by atoms with Gasteiger partial charge in [-0.05, 0) is 18.6 Å². The van der Waals surface area contributed by atoms with Gasteiger partial charge in [0.1, 0.15) is 11.8 Å². The highest BCUT2D eigenvalue weighted by Gasteiger charge is 2.13. The number of carbonyl (C=O) groups is 1. The molecule has 0 amide bonds. The van der Waals surface area contributed by atoms with Crippen LogP contribution in [0, 0.1) is 0 Å². The van der Waals surface area contributed by atoms with E-state index in [2.05, 4.69) is 5.32 Å². The van der Waals surface area contributed by atoms with Crippen LogP contribution < -0.4 is 5.32 Å². The van der Waals surface area contributed by atoms with Gasteiger partial charge in [-0.25, -0.2) is 0 Å². The Hall–Kier alpha value is -1.29. The van der Waals surface area contributed by atoms with Gasteiger partial charge in [-0.2, -0.15) is 0 Å². The third-order valence-corrected chi connectivity index (χ3v) is 1.81. The van der Waals surface area contributed by atoms with Crippen LogP contribution >= 0.6 is 0 Å². The summed E-state index contributed by atoms with van der Waals surface area (Å²) in [6.45, 7) is 2.28. The number of furan rings is 1. The molecule has 0 aliphatic heterocycles. The number of aliphatic carboxylic acids is 1. The van der Waals surface area contributed by atoms with E-state index in [0.29, 0.717) is 13.0 Å². The van der Waals surface area contributed by atoms with E-state index >= 15 is 0 Å². The second-order valence-electron chi connectivity index (χ2n) is 2.76. The molecule has 1 aromatic heterocycles. The van der Waals surface area contributed by atoms with E-state index in [4.69, 9.17) is 9.52 Å². The molecule has 0 saturated heterocycles. The summed E-state index contributed by atoms with van der Waals surface area (Å²) < 4.78 is 5.05. The SMILES string of the molecule is CC[C@H](NCc1ccco1)C(=O)O. The molecule has 4 nitrogen and oxygen atoms in total. The lowest BCUT2D eigenvalue weighted by Crippen LogP contribution is -2.35. The Morgan fingerprint density at radius 3 is 3.00 bits per heavy atom. The minimum Gasteiger partial charge on any atom is -0.480 e. The van der Waals surface area contributed by atoms with E-state index in [-0.39, 0.29) is 0 Å². The largest absolute Gasteiger partial charge is 0.480 e. The van der Waals surface area contributed by atoms with Gasteiger partial charge in [-0.15, -0.1) is 0 Å². The monoisotopic (exact) mass is 183 g/mol. The zero-order valence-electron chi connectivity index (χ0n) is 7.49. The van der Waals surface area contributed by atoms with Gasteiger partial charge in [-0.1, -0.05) is 6.92 Å². The Morgan fingerprint density at radius 1 is 1.77 bits per heavy atom. The Labute approximate surface area is 76.6 Å². The second-order valence-corrected chi connectivity index (χ2v) is 2.76. The molecule has 0 bridgehead atoms. The number of nitrogens with one attached hydrogen (secondary N) is 1. The van der Waals surface area contributed by atoms with Crippen LogP contribution in [0.1, 0.15) is 19.1 Å². The first-order chi connectivity index (χ1) is 6.24. The fraction of sp³-hybridized carbons (Fsp3) is 0.444. The molecule has 0 fully saturated rings. The summed E-state index contributed by atoms with van der Waals surface area (Å²) in [5.74, 6) is -0.0752. The van der Waals surface area contributed by atoms with Crippen molar-refractivity contribution >= 4 is 5.97 Å². The predicted molar refractivity (Wildman–Crippen MR) is 47.3 cm³/mol. The van der Waals surface area contributed by atoms with Crippen LogP contribution in [0.5, 0.6) is 0 Å². The second kappa shape index (κ2) is 4.67. The molecule has 0 spiro atoms. The zero-order valence-corrected chi connectivity index (χ0v) is 7.49. The summed E-state index contributed by atoms with van der Waals surface area (Å²) in [6.07, 6.45) is 2.13. The lowest BCUT2D eigenvalue weighted by atomic mass is 10.2. The number of carboxylic acids is 1. The van der Waals surface area contributed by atoms with Gasteiger partial charge in [-0.3, -0.25) is 10.1 Å². The van der Waals surface area contributed by atoms with Crippen molar-refractivity contribution in [3.8, 4) is 0 Å². The molecule has 0 aliphatic rings. The highest BCUT2D eigenvalue weighted by atomic mass is 16.4. The van der Waals surface area contributed by atoms with Crippen LogP contribution in [0.25, 0.3) is 0 Å². The smallest absolute Gasteiger partial charge is 0.320 e. The van der Waals surface area contributed by atoms with Gasteiger partial charge >= 0.3 is 5.97 Å². The average molecular weight is 183 g/mol. The first-order valence-corrected chi connectivity index (χ1v) is 4.22. The molecule has 0 radical (unpaired) electrons. The Kier molecular flexibility index (Phi) is 3.52. The fourth-order valence-electron chi connectivity index (χ4n) is 1.04. The molecule has 2 N–H and O–H groups in total. The first kappa shape index (κ1) is 9.80. The Bertz CT molecular complexity index is 256. The number of carboxylic acid groups (broad SMARTS) is 1. The molecule has 1 atom stereocenters. The van der Waals surface area contributed by atoms with Crippen LogP contribution in [0.15, 0.2) is 22.8 Å². The maximum Gasteiger partial charge on any atom is 0.320 e. The van der Waals surface area contributed by atoms with Crippen molar-refractivity contribution in [2.75, 3.05) is 0 Å². The number of hydrogen-bond acceptors (Lipinski definition) is 3. The zero-order chi connectivity index (χ0) is 9.68. The van der Waals surface area contributed by atoms with Crippen LogP contribution in [0.2, 0.25) is 0 Å². The fourth-order valence-corrected chi connectivity index (χ4v) is 1.04. The molecule has 0 aliphatic carbocycles. The van der Waals surface area contributed by atoms with Crippen LogP contribution in [0.3, 0.4) is 0 Å². The minimum absolute atomic E-state index is 0.456. The normalized spacial score (nSPS) is 12.7. The van der Waals surface area contributed by atoms with Gasteiger partial charge < -0.3 is 9.52 Å². The molecule has 1 rings (SSSR count). The lowest BCUT2D eigenvalue weighted by molar-refractivity contribution is -0.139. The molecule has 0 unspecified atom stereocenters. The Balaban J connectivity index is 2.36. The van der Waals surface area contributed by atoms with Gasteiger partial charge in [0, 0.05) is 0 Å². The maximum absolute atomic E-state index is 10.6. The quantitative estimate of drug-likeness (QED) is 0.720. The van der Waals surface area contributed by atoms with Gasteiger partial charge in [0.25, 0.3) is 0 Å². The van der Waals surface area contributed by atoms with Gasteiger partial charge in [0.2, 0.25) is 0 Å². The molecular formula is C9H13NO3. The summed E-state index contributed by atoms with van der Waals surface area (Å²) in [5.41, 5.74) is 0. The molecule has 13 heavy (non-hydrogen) atoms.